The number of aromatic hydroxyl groups is 1. The molecular formula is C33H50N5O9P. The van der Waals surface area contributed by atoms with Crippen LogP contribution in [0.5, 0.6) is 5.75 Å². The minimum atomic E-state index is -4.76. The average molecular weight is 692 g/mol. The number of hydrogen-bond donors (Lipinski definition) is 5. The van der Waals surface area contributed by atoms with E-state index in [4.69, 9.17) is 15.0 Å². The van der Waals surface area contributed by atoms with E-state index in [0.29, 0.717) is 12.2 Å². The first-order valence-corrected chi connectivity index (χ1v) is 18.6. The minimum absolute atomic E-state index is 0.00719. The van der Waals surface area contributed by atoms with Crippen molar-refractivity contribution in [1.29, 1.82) is 0 Å². The molecule has 1 saturated heterocycles. The van der Waals surface area contributed by atoms with Gasteiger partial charge in [-0.05, 0) is 37.0 Å². The van der Waals surface area contributed by atoms with E-state index in [1.807, 2.05) is 12.1 Å². The van der Waals surface area contributed by atoms with Crippen LogP contribution in [0, 0.1) is 0 Å². The number of hydrogen-bond acceptors (Lipinski definition) is 12. The SMILES string of the molecule is Nc1ncnc2c1ncn2[C@@H]1O[C@H](COP(=O)(O)OC(=O)CCCCCCCCCCCCCCCCc2ccc(O)cc2)[C@@H](O)[C@H]1O. The number of phosphoric acid groups is 1. The zero-order valence-electron chi connectivity index (χ0n) is 27.4. The number of phenols is 1. The van der Waals surface area contributed by atoms with Crippen LogP contribution in [0.4, 0.5) is 5.82 Å². The lowest BCUT2D eigenvalue weighted by atomic mass is 10.0. The van der Waals surface area contributed by atoms with Crippen molar-refractivity contribution >= 4 is 30.8 Å². The van der Waals surface area contributed by atoms with Gasteiger partial charge in [-0.1, -0.05) is 89.2 Å². The van der Waals surface area contributed by atoms with Gasteiger partial charge in [0.2, 0.25) is 0 Å². The number of anilines is 1. The van der Waals surface area contributed by atoms with E-state index in [0.717, 1.165) is 32.1 Å². The summed E-state index contributed by atoms with van der Waals surface area (Å²) in [5.74, 6) is -0.389. The Kier molecular flexibility index (Phi) is 15.0. The van der Waals surface area contributed by atoms with Crippen LogP contribution in [-0.2, 0) is 29.6 Å². The highest BCUT2D eigenvalue weighted by Gasteiger charge is 2.45. The van der Waals surface area contributed by atoms with Gasteiger partial charge in [0.15, 0.2) is 17.7 Å². The van der Waals surface area contributed by atoms with Gasteiger partial charge in [0.25, 0.3) is 0 Å². The lowest BCUT2D eigenvalue weighted by Crippen LogP contribution is -2.33. The number of aryl methyl sites for hydroxylation is 1. The van der Waals surface area contributed by atoms with Gasteiger partial charge in [-0.2, -0.15) is 0 Å². The van der Waals surface area contributed by atoms with Crippen molar-refractivity contribution in [1.82, 2.24) is 19.5 Å². The van der Waals surface area contributed by atoms with Crippen molar-refractivity contribution in [3.63, 3.8) is 0 Å². The topological polar surface area (TPSA) is 212 Å². The molecule has 1 fully saturated rings. The number of carbonyl (C=O) groups is 1. The first-order valence-electron chi connectivity index (χ1n) is 17.1. The molecule has 5 atom stereocenters. The number of phenolic OH excluding ortho intramolecular Hbond substituents is 1. The molecule has 0 amide bonds. The second-order valence-corrected chi connectivity index (χ2v) is 13.9. The Balaban J connectivity index is 0.972. The molecule has 0 spiro atoms. The summed E-state index contributed by atoms with van der Waals surface area (Å²) >= 11 is 0. The maximum Gasteiger partial charge on any atom is 0.529 e. The van der Waals surface area contributed by atoms with Gasteiger partial charge in [-0.25, -0.2) is 19.5 Å². The number of benzene rings is 1. The third-order valence-corrected chi connectivity index (χ3v) is 9.56. The van der Waals surface area contributed by atoms with Crippen molar-refractivity contribution in [2.24, 2.45) is 0 Å². The zero-order chi connectivity index (χ0) is 34.4. The molecule has 14 nitrogen and oxygen atoms in total. The number of aliphatic hydroxyl groups excluding tert-OH is 2. The van der Waals surface area contributed by atoms with Crippen LogP contribution < -0.4 is 5.73 Å². The van der Waals surface area contributed by atoms with Gasteiger partial charge in [-0.15, -0.1) is 0 Å². The van der Waals surface area contributed by atoms with Gasteiger partial charge < -0.3 is 30.3 Å². The summed E-state index contributed by atoms with van der Waals surface area (Å²) in [5.41, 5.74) is 7.64. The standard InChI is InChI=1S/C33H50N5O9P/c34-31-28-32(36-22-35-31)38(23-37-28)33-30(42)29(41)26(46-33)21-45-48(43,44)47-27(40)16-14-12-10-8-6-4-2-1-3-5-7-9-11-13-15-24-17-19-25(39)20-18-24/h17-20,22-23,26,29-30,33,39,41-42H,1-16,21H2,(H,43,44)(H2,34,35,36)/t26-,29-,30-,33-/m1/s1. The highest BCUT2D eigenvalue weighted by Crippen LogP contribution is 2.45. The van der Waals surface area contributed by atoms with E-state index in [9.17, 15) is 29.6 Å². The highest BCUT2D eigenvalue weighted by atomic mass is 31.2. The molecule has 0 aliphatic carbocycles. The molecule has 48 heavy (non-hydrogen) atoms. The van der Waals surface area contributed by atoms with Crippen LogP contribution in [0.3, 0.4) is 0 Å². The number of imidazole rings is 1. The number of unbranched alkanes of at least 4 members (excludes halogenated alkanes) is 13. The summed E-state index contributed by atoms with van der Waals surface area (Å²) in [5, 5.41) is 30.3. The molecule has 3 aromatic rings. The lowest BCUT2D eigenvalue weighted by Gasteiger charge is -2.17. The predicted octanol–water partition coefficient (Wildman–Crippen LogP) is 5.49. The molecule has 1 unspecified atom stereocenters. The van der Waals surface area contributed by atoms with Crippen LogP contribution >= 0.6 is 7.82 Å². The van der Waals surface area contributed by atoms with Crippen LogP contribution in [0.2, 0.25) is 0 Å². The quantitative estimate of drug-likeness (QED) is 0.0652. The summed E-state index contributed by atoms with van der Waals surface area (Å²) in [4.78, 5) is 34.2. The number of carbonyl (C=O) groups excluding carboxylic acids is 1. The Bertz CT molecular complexity index is 1460. The summed E-state index contributed by atoms with van der Waals surface area (Å²) in [6, 6.07) is 7.48. The third kappa shape index (κ3) is 11.8. The maximum atomic E-state index is 12.3. The Morgan fingerprint density at radius 1 is 0.854 bits per heavy atom. The number of ether oxygens (including phenoxy) is 1. The van der Waals surface area contributed by atoms with E-state index < -0.39 is 44.9 Å². The highest BCUT2D eigenvalue weighted by molar-refractivity contribution is 7.48. The van der Waals surface area contributed by atoms with Crippen LogP contribution in [0.25, 0.3) is 11.2 Å². The van der Waals surface area contributed by atoms with E-state index in [2.05, 4.69) is 19.5 Å². The number of nitrogen functional groups attached to an aromatic ring is 1. The molecule has 3 heterocycles. The molecule has 1 aliphatic heterocycles. The number of rotatable bonds is 22. The van der Waals surface area contributed by atoms with Crippen molar-refractivity contribution < 1.29 is 43.4 Å². The van der Waals surface area contributed by atoms with Gasteiger partial charge in [0.1, 0.15) is 35.9 Å². The Hall–Kier alpha value is -3.13. The number of fused-ring (bicyclic) bond motifs is 1. The number of nitrogens with two attached hydrogens (primary N) is 1. The van der Waals surface area contributed by atoms with Gasteiger partial charge >= 0.3 is 13.8 Å². The van der Waals surface area contributed by atoms with E-state index in [1.54, 1.807) is 12.1 Å². The molecule has 4 rings (SSSR count). The minimum Gasteiger partial charge on any atom is -0.508 e. The van der Waals surface area contributed by atoms with Crippen LogP contribution in [0.1, 0.15) is 108 Å². The molecular weight excluding hydrogens is 641 g/mol. The van der Waals surface area contributed by atoms with Crippen LogP contribution in [-0.4, -0.2) is 70.6 Å². The zero-order valence-corrected chi connectivity index (χ0v) is 28.3. The molecule has 1 aromatic carbocycles. The molecule has 0 bridgehead atoms. The Labute approximate surface area is 281 Å². The first kappa shape index (κ1) is 37.7. The third-order valence-electron chi connectivity index (χ3n) is 8.65. The van der Waals surface area contributed by atoms with Crippen LogP contribution in [0.15, 0.2) is 36.9 Å². The van der Waals surface area contributed by atoms with Crippen molar-refractivity contribution in [3.05, 3.63) is 42.5 Å². The fraction of sp³-hybridized carbons (Fsp3) is 0.636. The number of nitrogens with zero attached hydrogens (tertiary/aromatic N) is 4. The monoisotopic (exact) mass is 691 g/mol. The second kappa shape index (κ2) is 19.2. The average Bonchev–Trinajstić information content (AvgIpc) is 3.61. The van der Waals surface area contributed by atoms with Crippen molar-refractivity contribution in [3.8, 4) is 5.75 Å². The molecule has 1 aliphatic rings. The lowest BCUT2D eigenvalue weighted by molar-refractivity contribution is -0.136. The van der Waals surface area contributed by atoms with E-state index in [1.165, 1.54) is 80.6 Å². The van der Waals surface area contributed by atoms with Gasteiger partial charge in [0, 0.05) is 6.42 Å². The molecule has 2 aromatic heterocycles. The molecule has 0 radical (unpaired) electrons. The normalized spacial score (nSPS) is 20.6. The number of aromatic nitrogens is 4. The van der Waals surface area contributed by atoms with E-state index >= 15 is 0 Å². The van der Waals surface area contributed by atoms with Gasteiger partial charge in [0.05, 0.1) is 12.9 Å². The maximum absolute atomic E-state index is 12.3. The first-order chi connectivity index (χ1) is 23.1. The fourth-order valence-electron chi connectivity index (χ4n) is 5.90. The summed E-state index contributed by atoms with van der Waals surface area (Å²) in [6.45, 7) is -0.609. The predicted molar refractivity (Wildman–Crippen MR) is 179 cm³/mol. The van der Waals surface area contributed by atoms with Crippen molar-refractivity contribution in [2.75, 3.05) is 12.3 Å². The second-order valence-electron chi connectivity index (χ2n) is 12.5. The summed E-state index contributed by atoms with van der Waals surface area (Å²) in [6.07, 6.45) is 14.3. The van der Waals surface area contributed by atoms with Gasteiger partial charge in [-0.3, -0.25) is 18.8 Å². The molecule has 6 N–H and O–H groups in total. The number of aliphatic hydroxyl groups is 2. The summed E-state index contributed by atoms with van der Waals surface area (Å²) in [7, 11) is -4.76. The van der Waals surface area contributed by atoms with E-state index in [-0.39, 0.29) is 23.4 Å². The molecule has 266 valence electrons. The van der Waals surface area contributed by atoms with Crippen molar-refractivity contribution in [2.45, 2.75) is 127 Å². The number of phosphoric ester groups is 1. The largest absolute Gasteiger partial charge is 0.529 e. The summed E-state index contributed by atoms with van der Waals surface area (Å²) < 4.78 is 29.0. The Morgan fingerprint density at radius 2 is 1.44 bits per heavy atom. The Morgan fingerprint density at radius 3 is 2.06 bits per heavy atom. The molecule has 15 heteroatoms. The fourth-order valence-corrected chi connectivity index (χ4v) is 6.64. The smallest absolute Gasteiger partial charge is 0.508 e. The molecule has 0 saturated carbocycles.